The highest BCUT2D eigenvalue weighted by Gasteiger charge is 2.01. The summed E-state index contributed by atoms with van der Waals surface area (Å²) in [5, 5.41) is 1.89. The van der Waals surface area contributed by atoms with Crippen molar-refractivity contribution in [3.8, 4) is 5.75 Å². The maximum Gasteiger partial charge on any atom is 0.195 e. The van der Waals surface area contributed by atoms with Crippen LogP contribution in [-0.4, -0.2) is 26.1 Å². The number of thiophene rings is 1. The van der Waals surface area contributed by atoms with Crippen molar-refractivity contribution in [2.45, 2.75) is 0 Å². The minimum atomic E-state index is 0.0192. The van der Waals surface area contributed by atoms with E-state index in [4.69, 9.17) is 9.47 Å². The summed E-state index contributed by atoms with van der Waals surface area (Å²) in [4.78, 5) is 12.6. The van der Waals surface area contributed by atoms with Crippen molar-refractivity contribution < 1.29 is 14.3 Å². The lowest BCUT2D eigenvalue weighted by Crippen LogP contribution is -2.04. The Kier molecular flexibility index (Phi) is 5.53. The monoisotopic (exact) mass is 288 g/mol. The number of ketones is 1. The van der Waals surface area contributed by atoms with Gasteiger partial charge in [0.2, 0.25) is 0 Å². The average Bonchev–Trinajstić information content (AvgIpc) is 3.00. The fourth-order valence-corrected chi connectivity index (χ4v) is 2.27. The first-order valence-electron chi connectivity index (χ1n) is 6.27. The molecule has 20 heavy (non-hydrogen) atoms. The number of benzene rings is 1. The maximum absolute atomic E-state index is 11.9. The Labute approximate surface area is 122 Å². The molecule has 4 heteroatoms. The van der Waals surface area contributed by atoms with Gasteiger partial charge in [0.15, 0.2) is 5.78 Å². The zero-order valence-corrected chi connectivity index (χ0v) is 12.1. The van der Waals surface area contributed by atoms with Gasteiger partial charge < -0.3 is 9.47 Å². The lowest BCUT2D eigenvalue weighted by Gasteiger charge is -2.05. The summed E-state index contributed by atoms with van der Waals surface area (Å²) in [6, 6.07) is 11.3. The Morgan fingerprint density at radius 2 is 2.15 bits per heavy atom. The van der Waals surface area contributed by atoms with E-state index in [9.17, 15) is 4.79 Å². The summed E-state index contributed by atoms with van der Waals surface area (Å²) < 4.78 is 10.5. The first kappa shape index (κ1) is 14.5. The van der Waals surface area contributed by atoms with Crippen LogP contribution in [0.15, 0.2) is 47.9 Å². The van der Waals surface area contributed by atoms with Crippen LogP contribution in [0.2, 0.25) is 0 Å². The Morgan fingerprint density at radius 3 is 2.90 bits per heavy atom. The third kappa shape index (κ3) is 4.33. The third-order valence-electron chi connectivity index (χ3n) is 2.61. The molecule has 0 N–H and O–H groups in total. The molecule has 0 atom stereocenters. The van der Waals surface area contributed by atoms with Crippen LogP contribution in [0.1, 0.15) is 15.2 Å². The van der Waals surface area contributed by atoms with Crippen molar-refractivity contribution in [1.29, 1.82) is 0 Å². The van der Waals surface area contributed by atoms with Crippen molar-refractivity contribution in [3.05, 3.63) is 58.3 Å². The number of ether oxygens (including phenoxy) is 2. The molecule has 0 bridgehead atoms. The molecule has 2 aromatic rings. The summed E-state index contributed by atoms with van der Waals surface area (Å²) >= 11 is 1.44. The van der Waals surface area contributed by atoms with Crippen molar-refractivity contribution in [2.24, 2.45) is 0 Å². The first-order chi connectivity index (χ1) is 9.79. The minimum Gasteiger partial charge on any atom is -0.491 e. The molecular weight excluding hydrogens is 272 g/mol. The average molecular weight is 288 g/mol. The predicted molar refractivity (Wildman–Crippen MR) is 81.5 cm³/mol. The number of hydrogen-bond acceptors (Lipinski definition) is 4. The molecule has 0 spiro atoms. The molecule has 2 rings (SSSR count). The van der Waals surface area contributed by atoms with E-state index < -0.39 is 0 Å². The summed E-state index contributed by atoms with van der Waals surface area (Å²) in [6.45, 7) is 1.06. The van der Waals surface area contributed by atoms with Gasteiger partial charge in [0.25, 0.3) is 0 Å². The van der Waals surface area contributed by atoms with Gasteiger partial charge in [-0.05, 0) is 35.2 Å². The highest BCUT2D eigenvalue weighted by molar-refractivity contribution is 7.12. The molecule has 0 amide bonds. The maximum atomic E-state index is 11.9. The van der Waals surface area contributed by atoms with Gasteiger partial charge in [0.1, 0.15) is 12.4 Å². The number of hydrogen-bond donors (Lipinski definition) is 0. The van der Waals surface area contributed by atoms with Crippen LogP contribution >= 0.6 is 11.3 Å². The predicted octanol–water partition coefficient (Wildman–Crippen LogP) is 3.67. The van der Waals surface area contributed by atoms with Gasteiger partial charge in [-0.15, -0.1) is 11.3 Å². The van der Waals surface area contributed by atoms with E-state index >= 15 is 0 Å². The Balaban J connectivity index is 1.98. The highest BCUT2D eigenvalue weighted by Crippen LogP contribution is 2.16. The van der Waals surface area contributed by atoms with Gasteiger partial charge in [-0.1, -0.05) is 24.3 Å². The Hall–Kier alpha value is -1.91. The molecule has 0 aliphatic carbocycles. The van der Waals surface area contributed by atoms with Gasteiger partial charge in [-0.25, -0.2) is 0 Å². The Morgan fingerprint density at radius 1 is 1.25 bits per heavy atom. The summed E-state index contributed by atoms with van der Waals surface area (Å²) in [7, 11) is 1.64. The van der Waals surface area contributed by atoms with Crippen molar-refractivity contribution in [3.63, 3.8) is 0 Å². The zero-order valence-electron chi connectivity index (χ0n) is 11.2. The van der Waals surface area contributed by atoms with Crippen LogP contribution in [0.4, 0.5) is 0 Å². The van der Waals surface area contributed by atoms with Gasteiger partial charge in [-0.2, -0.15) is 0 Å². The number of carbonyl (C=O) groups excluding carboxylic acids is 1. The van der Waals surface area contributed by atoms with Crippen molar-refractivity contribution in [2.75, 3.05) is 20.3 Å². The number of methoxy groups -OCH3 is 1. The lowest BCUT2D eigenvalue weighted by molar-refractivity contribution is 0.105. The molecule has 0 aliphatic rings. The smallest absolute Gasteiger partial charge is 0.195 e. The third-order valence-corrected chi connectivity index (χ3v) is 3.49. The second-order valence-electron chi connectivity index (χ2n) is 4.09. The van der Waals surface area contributed by atoms with Crippen molar-refractivity contribution >= 4 is 23.2 Å². The highest BCUT2D eigenvalue weighted by atomic mass is 32.1. The molecule has 1 aromatic heterocycles. The quantitative estimate of drug-likeness (QED) is 0.443. The summed E-state index contributed by atoms with van der Waals surface area (Å²) in [5.74, 6) is 0.790. The summed E-state index contributed by atoms with van der Waals surface area (Å²) in [6.07, 6.45) is 3.38. The van der Waals surface area contributed by atoms with Gasteiger partial charge in [-0.3, -0.25) is 4.79 Å². The van der Waals surface area contributed by atoms with Crippen LogP contribution in [0.5, 0.6) is 5.75 Å². The largest absolute Gasteiger partial charge is 0.491 e. The van der Waals surface area contributed by atoms with E-state index in [1.807, 2.05) is 41.8 Å². The van der Waals surface area contributed by atoms with E-state index in [1.165, 1.54) is 11.3 Å². The fourth-order valence-electron chi connectivity index (χ4n) is 1.62. The molecule has 3 nitrogen and oxygen atoms in total. The second-order valence-corrected chi connectivity index (χ2v) is 5.04. The molecule has 0 fully saturated rings. The molecule has 104 valence electrons. The zero-order chi connectivity index (χ0) is 14.2. The van der Waals surface area contributed by atoms with Crippen LogP contribution < -0.4 is 4.74 Å². The molecule has 0 saturated heterocycles. The summed E-state index contributed by atoms with van der Waals surface area (Å²) in [5.41, 5.74) is 0.935. The van der Waals surface area contributed by atoms with Crippen LogP contribution in [-0.2, 0) is 4.74 Å². The fraction of sp³-hybridized carbons (Fsp3) is 0.188. The van der Waals surface area contributed by atoms with Gasteiger partial charge in [0.05, 0.1) is 11.5 Å². The molecule has 0 aliphatic heterocycles. The second kappa shape index (κ2) is 7.62. The number of carbonyl (C=O) groups is 1. The molecule has 0 radical (unpaired) electrons. The van der Waals surface area contributed by atoms with E-state index in [0.29, 0.717) is 13.2 Å². The van der Waals surface area contributed by atoms with Crippen LogP contribution in [0.25, 0.3) is 6.08 Å². The van der Waals surface area contributed by atoms with Crippen molar-refractivity contribution in [1.82, 2.24) is 0 Å². The SMILES string of the molecule is COCCOc1cccc(/C=C/C(=O)c2cccs2)c1. The Bertz CT molecular complexity index is 573. The molecule has 1 heterocycles. The standard InChI is InChI=1S/C16H16O3S/c1-18-9-10-19-14-5-2-4-13(12-14)7-8-15(17)16-6-3-11-20-16/h2-8,11-12H,9-10H2,1H3/b8-7+. The number of allylic oxidation sites excluding steroid dienone is 1. The van der Waals surface area contributed by atoms with E-state index in [0.717, 1.165) is 16.2 Å². The van der Waals surface area contributed by atoms with Crippen LogP contribution in [0.3, 0.4) is 0 Å². The molecule has 0 unspecified atom stereocenters. The van der Waals surface area contributed by atoms with Gasteiger partial charge >= 0.3 is 0 Å². The first-order valence-corrected chi connectivity index (χ1v) is 7.15. The number of rotatable bonds is 7. The molecular formula is C16H16O3S. The van der Waals surface area contributed by atoms with E-state index in [-0.39, 0.29) is 5.78 Å². The van der Waals surface area contributed by atoms with E-state index in [2.05, 4.69) is 0 Å². The molecule has 1 aromatic carbocycles. The van der Waals surface area contributed by atoms with E-state index in [1.54, 1.807) is 19.3 Å². The van der Waals surface area contributed by atoms with Gasteiger partial charge in [0, 0.05) is 7.11 Å². The van der Waals surface area contributed by atoms with Crippen LogP contribution in [0, 0.1) is 0 Å². The lowest BCUT2D eigenvalue weighted by atomic mass is 10.2. The molecule has 0 saturated carbocycles. The normalized spacial score (nSPS) is 10.8. The minimum absolute atomic E-state index is 0.0192. The topological polar surface area (TPSA) is 35.5 Å².